The summed E-state index contributed by atoms with van der Waals surface area (Å²) in [6, 6.07) is 0. The van der Waals surface area contributed by atoms with Crippen molar-refractivity contribution in [3.63, 3.8) is 0 Å². The second kappa shape index (κ2) is 6.27. The first-order chi connectivity index (χ1) is 8.95. The summed E-state index contributed by atoms with van der Waals surface area (Å²) < 4.78 is 22.7. The Hall–Kier alpha value is -0.240. The van der Waals surface area contributed by atoms with E-state index in [-0.39, 0.29) is 12.5 Å². The molecule has 3 rings (SSSR count). The summed E-state index contributed by atoms with van der Waals surface area (Å²) in [5.74, 6) is 0. The zero-order valence-electron chi connectivity index (χ0n) is 10.8. The van der Waals surface area contributed by atoms with E-state index in [2.05, 4.69) is 9.80 Å². The van der Waals surface area contributed by atoms with E-state index in [1.807, 2.05) is 0 Å². The van der Waals surface area contributed by atoms with E-state index < -0.39 is 0 Å². The van der Waals surface area contributed by atoms with E-state index in [4.69, 9.17) is 18.9 Å². The van der Waals surface area contributed by atoms with E-state index in [9.17, 15) is 0 Å². The van der Waals surface area contributed by atoms with Crippen molar-refractivity contribution in [1.29, 1.82) is 0 Å². The Morgan fingerprint density at radius 2 is 0.944 bits per heavy atom. The van der Waals surface area contributed by atoms with Gasteiger partial charge in [0.05, 0.1) is 39.6 Å². The maximum atomic E-state index is 5.95. The Balaban J connectivity index is 1.64. The van der Waals surface area contributed by atoms with Gasteiger partial charge in [-0.05, 0) is 0 Å². The van der Waals surface area contributed by atoms with Crippen molar-refractivity contribution in [2.75, 3.05) is 65.8 Å². The van der Waals surface area contributed by atoms with Gasteiger partial charge in [0.15, 0.2) is 12.5 Å². The van der Waals surface area contributed by atoms with Gasteiger partial charge in [-0.3, -0.25) is 9.80 Å². The minimum Gasteiger partial charge on any atom is -0.379 e. The van der Waals surface area contributed by atoms with Gasteiger partial charge in [0, 0.05) is 26.2 Å². The third-order valence-corrected chi connectivity index (χ3v) is 3.72. The first-order valence-corrected chi connectivity index (χ1v) is 6.82. The van der Waals surface area contributed by atoms with Crippen LogP contribution in [0.4, 0.5) is 0 Å². The quantitative estimate of drug-likeness (QED) is 0.656. The predicted molar refractivity (Wildman–Crippen MR) is 64.3 cm³/mol. The van der Waals surface area contributed by atoms with Gasteiger partial charge >= 0.3 is 0 Å². The summed E-state index contributed by atoms with van der Waals surface area (Å²) in [6.07, 6.45) is 0.0847. The molecule has 104 valence electrons. The van der Waals surface area contributed by atoms with Crippen LogP contribution >= 0.6 is 0 Å². The molecular weight excluding hydrogens is 236 g/mol. The molecule has 0 spiro atoms. The molecule has 0 N–H and O–H groups in total. The number of morpholine rings is 2. The zero-order valence-corrected chi connectivity index (χ0v) is 10.8. The van der Waals surface area contributed by atoms with Crippen LogP contribution in [0.15, 0.2) is 0 Å². The molecule has 6 heteroatoms. The fourth-order valence-corrected chi connectivity index (χ4v) is 2.74. The molecule has 0 aromatic carbocycles. The lowest BCUT2D eigenvalue weighted by Crippen LogP contribution is -2.61. The van der Waals surface area contributed by atoms with Crippen molar-refractivity contribution in [3.05, 3.63) is 0 Å². The minimum atomic E-state index is 0.0424. The molecule has 3 aliphatic rings. The number of rotatable bonds is 2. The Labute approximate surface area is 108 Å². The Morgan fingerprint density at radius 1 is 0.556 bits per heavy atom. The van der Waals surface area contributed by atoms with E-state index in [1.54, 1.807) is 0 Å². The van der Waals surface area contributed by atoms with Gasteiger partial charge in [-0.15, -0.1) is 0 Å². The van der Waals surface area contributed by atoms with Gasteiger partial charge in [-0.25, -0.2) is 0 Å². The molecular formula is C12H22N2O4. The molecule has 0 bridgehead atoms. The molecule has 0 radical (unpaired) electrons. The Kier molecular flexibility index (Phi) is 4.45. The van der Waals surface area contributed by atoms with Gasteiger partial charge in [0.2, 0.25) is 0 Å². The lowest BCUT2D eigenvalue weighted by molar-refractivity contribution is -0.256. The zero-order chi connectivity index (χ0) is 12.2. The highest BCUT2D eigenvalue weighted by Gasteiger charge is 2.37. The van der Waals surface area contributed by atoms with Crippen molar-refractivity contribution in [1.82, 2.24) is 9.80 Å². The summed E-state index contributed by atoms with van der Waals surface area (Å²) in [4.78, 5) is 4.67. The van der Waals surface area contributed by atoms with Crippen molar-refractivity contribution in [3.8, 4) is 0 Å². The smallest absolute Gasteiger partial charge is 0.151 e. The number of nitrogens with zero attached hydrogens (tertiary/aromatic N) is 2. The highest BCUT2D eigenvalue weighted by Crippen LogP contribution is 2.20. The van der Waals surface area contributed by atoms with E-state index in [1.165, 1.54) is 0 Å². The van der Waals surface area contributed by atoms with Gasteiger partial charge in [0.1, 0.15) is 0 Å². The maximum absolute atomic E-state index is 5.95. The van der Waals surface area contributed by atoms with Crippen LogP contribution in [0.3, 0.4) is 0 Å². The van der Waals surface area contributed by atoms with Crippen molar-refractivity contribution < 1.29 is 18.9 Å². The van der Waals surface area contributed by atoms with Crippen molar-refractivity contribution in [2.24, 2.45) is 0 Å². The predicted octanol–water partition coefficient (Wildman–Crippen LogP) is -0.650. The topological polar surface area (TPSA) is 43.4 Å². The van der Waals surface area contributed by atoms with E-state index in [0.717, 1.165) is 52.6 Å². The summed E-state index contributed by atoms with van der Waals surface area (Å²) in [5, 5.41) is 0. The van der Waals surface area contributed by atoms with Crippen molar-refractivity contribution >= 4 is 0 Å². The third kappa shape index (κ3) is 2.84. The van der Waals surface area contributed by atoms with Gasteiger partial charge in [-0.2, -0.15) is 0 Å². The highest BCUT2D eigenvalue weighted by molar-refractivity contribution is 4.79. The molecule has 2 atom stereocenters. The Bertz CT molecular complexity index is 228. The first-order valence-electron chi connectivity index (χ1n) is 6.82. The molecule has 3 heterocycles. The largest absolute Gasteiger partial charge is 0.379 e. The van der Waals surface area contributed by atoms with Crippen LogP contribution in [0.2, 0.25) is 0 Å². The van der Waals surface area contributed by atoms with Crippen LogP contribution in [0, 0.1) is 0 Å². The average molecular weight is 258 g/mol. The first kappa shape index (κ1) is 12.8. The van der Waals surface area contributed by atoms with Crippen LogP contribution in [0.25, 0.3) is 0 Å². The molecule has 3 fully saturated rings. The fraction of sp³-hybridized carbons (Fsp3) is 1.00. The standard InChI is InChI=1S/C12H22N2O4/c1-5-15-6-2-13(1)11-12(18-10-9-17-11)14-3-7-16-8-4-14/h11-12H,1-10H2/t11-,12-/m0/s1. The summed E-state index contributed by atoms with van der Waals surface area (Å²) in [7, 11) is 0. The maximum Gasteiger partial charge on any atom is 0.151 e. The number of ether oxygens (including phenoxy) is 4. The molecule has 0 aliphatic carbocycles. The SMILES string of the molecule is C1CN([C@H]2OCCO[C@@H]2N2CCOCC2)CCO1. The molecule has 6 nitrogen and oxygen atoms in total. The second-order valence-corrected chi connectivity index (χ2v) is 4.82. The van der Waals surface area contributed by atoms with Crippen LogP contribution in [0.5, 0.6) is 0 Å². The third-order valence-electron chi connectivity index (χ3n) is 3.72. The molecule has 3 saturated heterocycles. The van der Waals surface area contributed by atoms with E-state index in [0.29, 0.717) is 13.2 Å². The van der Waals surface area contributed by atoms with Gasteiger partial charge in [-0.1, -0.05) is 0 Å². The van der Waals surface area contributed by atoms with Crippen LogP contribution in [-0.4, -0.2) is 88.1 Å². The molecule has 3 aliphatic heterocycles. The average Bonchev–Trinajstić information content (AvgIpc) is 2.49. The lowest BCUT2D eigenvalue weighted by atomic mass is 10.2. The highest BCUT2D eigenvalue weighted by atomic mass is 16.6. The Morgan fingerprint density at radius 3 is 1.33 bits per heavy atom. The molecule has 0 aromatic heterocycles. The molecule has 0 aromatic rings. The fourth-order valence-electron chi connectivity index (χ4n) is 2.74. The van der Waals surface area contributed by atoms with Crippen molar-refractivity contribution in [2.45, 2.75) is 12.5 Å². The van der Waals surface area contributed by atoms with Crippen LogP contribution in [-0.2, 0) is 18.9 Å². The van der Waals surface area contributed by atoms with E-state index >= 15 is 0 Å². The van der Waals surface area contributed by atoms with Crippen LogP contribution < -0.4 is 0 Å². The van der Waals surface area contributed by atoms with Gasteiger partial charge < -0.3 is 18.9 Å². The monoisotopic (exact) mass is 258 g/mol. The number of hydrogen-bond acceptors (Lipinski definition) is 6. The van der Waals surface area contributed by atoms with Gasteiger partial charge in [0.25, 0.3) is 0 Å². The summed E-state index contributed by atoms with van der Waals surface area (Å²) in [6.45, 7) is 8.22. The molecule has 0 unspecified atom stereocenters. The second-order valence-electron chi connectivity index (χ2n) is 4.82. The normalized spacial score (nSPS) is 36.7. The lowest BCUT2D eigenvalue weighted by Gasteiger charge is -2.45. The molecule has 0 amide bonds. The molecule has 18 heavy (non-hydrogen) atoms. The number of hydrogen-bond donors (Lipinski definition) is 0. The summed E-state index contributed by atoms with van der Waals surface area (Å²) in [5.41, 5.74) is 0. The summed E-state index contributed by atoms with van der Waals surface area (Å²) >= 11 is 0. The minimum absolute atomic E-state index is 0.0424. The molecule has 0 saturated carbocycles. The van der Waals surface area contributed by atoms with Crippen LogP contribution in [0.1, 0.15) is 0 Å².